The SMILES string of the molecule is COc1cc2c(C(C)(C)C)ncc(CC(=O)O)c2cc1OC(C)C. The Labute approximate surface area is 142 Å². The van der Waals surface area contributed by atoms with Gasteiger partial charge in [0.2, 0.25) is 0 Å². The third-order valence-corrected chi connectivity index (χ3v) is 3.67. The fourth-order valence-electron chi connectivity index (χ4n) is 2.71. The average Bonchev–Trinajstić information content (AvgIpc) is 2.44. The van der Waals surface area contributed by atoms with Crippen LogP contribution in [0.5, 0.6) is 11.5 Å². The number of ether oxygens (including phenoxy) is 2. The third kappa shape index (κ3) is 3.78. The van der Waals surface area contributed by atoms with Crippen molar-refractivity contribution in [1.82, 2.24) is 4.98 Å². The fourth-order valence-corrected chi connectivity index (χ4v) is 2.71. The van der Waals surface area contributed by atoms with Gasteiger partial charge in [0.25, 0.3) is 0 Å². The summed E-state index contributed by atoms with van der Waals surface area (Å²) in [5, 5.41) is 10.9. The van der Waals surface area contributed by atoms with Crippen LogP contribution >= 0.6 is 0 Å². The van der Waals surface area contributed by atoms with Gasteiger partial charge in [-0.1, -0.05) is 20.8 Å². The highest BCUT2D eigenvalue weighted by Crippen LogP contribution is 2.38. The van der Waals surface area contributed by atoms with Gasteiger partial charge < -0.3 is 14.6 Å². The monoisotopic (exact) mass is 331 g/mol. The van der Waals surface area contributed by atoms with E-state index in [1.165, 1.54) is 0 Å². The Morgan fingerprint density at radius 2 is 1.83 bits per heavy atom. The van der Waals surface area contributed by atoms with Gasteiger partial charge in [-0.2, -0.15) is 0 Å². The lowest BCUT2D eigenvalue weighted by atomic mass is 9.87. The lowest BCUT2D eigenvalue weighted by Crippen LogP contribution is -2.15. The van der Waals surface area contributed by atoms with Crippen LogP contribution in [0.2, 0.25) is 0 Å². The van der Waals surface area contributed by atoms with Crippen LogP contribution in [-0.2, 0) is 16.6 Å². The second kappa shape index (κ2) is 6.67. The van der Waals surface area contributed by atoms with Crippen LogP contribution in [0.4, 0.5) is 0 Å². The summed E-state index contributed by atoms with van der Waals surface area (Å²) in [4.78, 5) is 15.7. The van der Waals surface area contributed by atoms with Crippen molar-refractivity contribution in [3.8, 4) is 11.5 Å². The van der Waals surface area contributed by atoms with Crippen molar-refractivity contribution in [2.24, 2.45) is 0 Å². The van der Waals surface area contributed by atoms with E-state index in [1.54, 1.807) is 13.3 Å². The number of benzene rings is 1. The molecule has 0 aliphatic rings. The molecule has 0 bridgehead atoms. The van der Waals surface area contributed by atoms with E-state index in [2.05, 4.69) is 25.8 Å². The molecule has 2 aromatic rings. The van der Waals surface area contributed by atoms with Crippen LogP contribution in [-0.4, -0.2) is 29.3 Å². The molecule has 5 nitrogen and oxygen atoms in total. The lowest BCUT2D eigenvalue weighted by Gasteiger charge is -2.22. The molecule has 1 N–H and O–H groups in total. The predicted molar refractivity (Wildman–Crippen MR) is 94.1 cm³/mol. The maximum absolute atomic E-state index is 11.2. The molecule has 0 atom stereocenters. The first-order chi connectivity index (χ1) is 11.1. The number of carboxylic acid groups (broad SMARTS) is 1. The molecule has 0 unspecified atom stereocenters. The Kier molecular flexibility index (Phi) is 5.02. The van der Waals surface area contributed by atoms with Crippen molar-refractivity contribution in [3.63, 3.8) is 0 Å². The Morgan fingerprint density at radius 3 is 2.33 bits per heavy atom. The summed E-state index contributed by atoms with van der Waals surface area (Å²) in [5.74, 6) is 0.345. The second-order valence-corrected chi connectivity index (χ2v) is 7.17. The van der Waals surface area contributed by atoms with Gasteiger partial charge in [-0.15, -0.1) is 0 Å². The standard InChI is InChI=1S/C19H25NO4/c1-11(2)24-16-8-13-12(7-17(21)22)10-20-18(19(3,4)5)14(13)9-15(16)23-6/h8-11H,7H2,1-6H3,(H,21,22). The Balaban J connectivity index is 2.80. The molecule has 5 heteroatoms. The summed E-state index contributed by atoms with van der Waals surface area (Å²) in [7, 11) is 1.60. The van der Waals surface area contributed by atoms with Gasteiger partial charge in [0, 0.05) is 17.0 Å². The first-order valence-electron chi connectivity index (χ1n) is 8.02. The van der Waals surface area contributed by atoms with Crippen LogP contribution in [0.1, 0.15) is 45.9 Å². The number of methoxy groups -OCH3 is 1. The van der Waals surface area contributed by atoms with Gasteiger partial charge in [-0.25, -0.2) is 0 Å². The highest BCUT2D eigenvalue weighted by Gasteiger charge is 2.22. The molecule has 130 valence electrons. The predicted octanol–water partition coefficient (Wildman–Crippen LogP) is 3.96. The molecular weight excluding hydrogens is 306 g/mol. The van der Waals surface area contributed by atoms with E-state index < -0.39 is 5.97 Å². The van der Waals surface area contributed by atoms with E-state index in [1.807, 2.05) is 26.0 Å². The number of hydrogen-bond donors (Lipinski definition) is 1. The molecule has 0 amide bonds. The molecule has 0 fully saturated rings. The smallest absolute Gasteiger partial charge is 0.307 e. The topological polar surface area (TPSA) is 68.7 Å². The number of fused-ring (bicyclic) bond motifs is 1. The largest absolute Gasteiger partial charge is 0.493 e. The van der Waals surface area contributed by atoms with E-state index in [-0.39, 0.29) is 17.9 Å². The summed E-state index contributed by atoms with van der Waals surface area (Å²) in [6.45, 7) is 10.1. The zero-order valence-corrected chi connectivity index (χ0v) is 15.1. The van der Waals surface area contributed by atoms with E-state index in [4.69, 9.17) is 9.47 Å². The molecule has 0 radical (unpaired) electrons. The average molecular weight is 331 g/mol. The van der Waals surface area contributed by atoms with Crippen LogP contribution < -0.4 is 9.47 Å². The highest BCUT2D eigenvalue weighted by molar-refractivity contribution is 5.93. The van der Waals surface area contributed by atoms with Gasteiger partial charge >= 0.3 is 5.97 Å². The zero-order valence-electron chi connectivity index (χ0n) is 15.1. The number of carbonyl (C=O) groups is 1. The molecule has 1 heterocycles. The zero-order chi connectivity index (χ0) is 18.1. The minimum atomic E-state index is -0.885. The van der Waals surface area contributed by atoms with Gasteiger partial charge in [0.05, 0.1) is 25.3 Å². The van der Waals surface area contributed by atoms with Gasteiger partial charge in [0.1, 0.15) is 0 Å². The molecule has 1 aromatic heterocycles. The van der Waals surface area contributed by atoms with Gasteiger partial charge in [0.15, 0.2) is 11.5 Å². The number of pyridine rings is 1. The lowest BCUT2D eigenvalue weighted by molar-refractivity contribution is -0.136. The first kappa shape index (κ1) is 18.0. The highest BCUT2D eigenvalue weighted by atomic mass is 16.5. The second-order valence-electron chi connectivity index (χ2n) is 7.17. The summed E-state index contributed by atoms with van der Waals surface area (Å²) >= 11 is 0. The molecular formula is C19H25NO4. The molecule has 24 heavy (non-hydrogen) atoms. The maximum atomic E-state index is 11.2. The van der Waals surface area contributed by atoms with Crippen LogP contribution in [0.15, 0.2) is 18.3 Å². The van der Waals surface area contributed by atoms with Crippen molar-refractivity contribution in [2.75, 3.05) is 7.11 Å². The van der Waals surface area contributed by atoms with Crippen molar-refractivity contribution < 1.29 is 19.4 Å². The molecule has 2 rings (SSSR count). The van der Waals surface area contributed by atoms with Crippen molar-refractivity contribution in [2.45, 2.75) is 52.6 Å². The Morgan fingerprint density at radius 1 is 1.21 bits per heavy atom. The van der Waals surface area contributed by atoms with Crippen LogP contribution in [0.3, 0.4) is 0 Å². The summed E-state index contributed by atoms with van der Waals surface area (Å²) in [5.41, 5.74) is 1.40. The Bertz CT molecular complexity index is 760. The van der Waals surface area contributed by atoms with E-state index in [0.717, 1.165) is 16.5 Å². The fraction of sp³-hybridized carbons (Fsp3) is 0.474. The van der Waals surface area contributed by atoms with Gasteiger partial charge in [-0.3, -0.25) is 9.78 Å². The third-order valence-electron chi connectivity index (χ3n) is 3.67. The molecule has 1 aromatic carbocycles. The molecule has 0 spiro atoms. The number of aliphatic carboxylic acids is 1. The number of hydrogen-bond acceptors (Lipinski definition) is 4. The van der Waals surface area contributed by atoms with Crippen molar-refractivity contribution in [1.29, 1.82) is 0 Å². The van der Waals surface area contributed by atoms with Crippen molar-refractivity contribution in [3.05, 3.63) is 29.6 Å². The number of rotatable bonds is 5. The minimum absolute atomic E-state index is 0.0109. The Hall–Kier alpha value is -2.30. The molecule has 0 aliphatic heterocycles. The molecule has 0 aliphatic carbocycles. The number of carboxylic acids is 1. The van der Waals surface area contributed by atoms with Gasteiger partial charge in [-0.05, 0) is 36.9 Å². The van der Waals surface area contributed by atoms with Crippen molar-refractivity contribution >= 4 is 16.7 Å². The normalized spacial score (nSPS) is 11.8. The molecule has 0 saturated heterocycles. The number of nitrogens with zero attached hydrogens (tertiary/aromatic N) is 1. The van der Waals surface area contributed by atoms with Crippen LogP contribution in [0, 0.1) is 0 Å². The summed E-state index contributed by atoms with van der Waals surface area (Å²) in [6.07, 6.45) is 1.56. The summed E-state index contributed by atoms with van der Waals surface area (Å²) in [6, 6.07) is 3.76. The first-order valence-corrected chi connectivity index (χ1v) is 8.02. The minimum Gasteiger partial charge on any atom is -0.493 e. The summed E-state index contributed by atoms with van der Waals surface area (Å²) < 4.78 is 11.3. The number of aromatic nitrogens is 1. The maximum Gasteiger partial charge on any atom is 0.307 e. The van der Waals surface area contributed by atoms with Crippen LogP contribution in [0.25, 0.3) is 10.8 Å². The van der Waals surface area contributed by atoms with E-state index in [9.17, 15) is 9.90 Å². The van der Waals surface area contributed by atoms with E-state index >= 15 is 0 Å². The van der Waals surface area contributed by atoms with E-state index in [0.29, 0.717) is 17.1 Å². The molecule has 0 saturated carbocycles. The quantitative estimate of drug-likeness (QED) is 0.898.